The molecule has 2 aromatic carbocycles. The lowest BCUT2D eigenvalue weighted by Gasteiger charge is -2.12. The summed E-state index contributed by atoms with van der Waals surface area (Å²) in [7, 11) is -3.57. The molecular weight excluding hydrogens is 353 g/mol. The van der Waals surface area contributed by atoms with Gasteiger partial charge in [-0.15, -0.1) is 0 Å². The number of nitrogens with one attached hydrogen (secondary N) is 1. The Hall–Kier alpha value is -2.61. The number of alkyl halides is 3. The zero-order valence-corrected chi connectivity index (χ0v) is 13.8. The van der Waals surface area contributed by atoms with E-state index in [0.29, 0.717) is 10.8 Å². The highest BCUT2D eigenvalue weighted by atomic mass is 32.2. The Morgan fingerprint density at radius 3 is 2.40 bits per heavy atom. The summed E-state index contributed by atoms with van der Waals surface area (Å²) in [6.07, 6.45) is -3.50. The molecule has 1 N–H and O–H groups in total. The largest absolute Gasteiger partial charge is 0.416 e. The minimum Gasteiger partial charge on any atom is -0.268 e. The minimum atomic E-state index is -4.48. The number of anilines is 1. The molecule has 130 valence electrons. The first-order valence-corrected chi connectivity index (χ1v) is 9.08. The first-order valence-electron chi connectivity index (χ1n) is 7.19. The fourth-order valence-corrected chi connectivity index (χ4v) is 2.99. The van der Waals surface area contributed by atoms with Crippen molar-refractivity contribution in [1.29, 1.82) is 0 Å². The molecule has 0 radical (unpaired) electrons. The molecule has 0 aliphatic rings. The second-order valence-corrected chi connectivity index (χ2v) is 7.28. The van der Waals surface area contributed by atoms with Gasteiger partial charge in [0.25, 0.3) is 0 Å². The smallest absolute Gasteiger partial charge is 0.268 e. The maximum atomic E-state index is 13.0. The standard InChI is InChI=1S/C17H13F3N2O2S/c1-25(23,24)22-15-10-11-5-2-3-8-14(11)16(21-15)12-6-4-7-13(9-12)17(18,19)20/h2-10H,1H3,(H,21,22). The number of fused-ring (bicyclic) bond motifs is 1. The molecule has 1 heterocycles. The first kappa shape index (κ1) is 17.2. The van der Waals surface area contributed by atoms with Crippen LogP contribution < -0.4 is 4.72 Å². The predicted octanol–water partition coefficient (Wildman–Crippen LogP) is 4.29. The Morgan fingerprint density at radius 1 is 1.00 bits per heavy atom. The Bertz CT molecular complexity index is 1050. The van der Waals surface area contributed by atoms with Crippen molar-refractivity contribution >= 4 is 26.6 Å². The van der Waals surface area contributed by atoms with Gasteiger partial charge in [-0.3, -0.25) is 4.72 Å². The van der Waals surface area contributed by atoms with Crippen molar-refractivity contribution in [3.63, 3.8) is 0 Å². The monoisotopic (exact) mass is 366 g/mol. The molecule has 0 fully saturated rings. The second kappa shape index (κ2) is 6.03. The lowest BCUT2D eigenvalue weighted by molar-refractivity contribution is -0.137. The number of hydrogen-bond donors (Lipinski definition) is 1. The van der Waals surface area contributed by atoms with E-state index in [0.717, 1.165) is 18.4 Å². The third-order valence-corrected chi connectivity index (χ3v) is 4.07. The van der Waals surface area contributed by atoms with Crippen LogP contribution in [-0.2, 0) is 16.2 Å². The summed E-state index contributed by atoms with van der Waals surface area (Å²) in [4.78, 5) is 4.22. The van der Waals surface area contributed by atoms with Crippen LogP contribution in [0, 0.1) is 0 Å². The third-order valence-electron chi connectivity index (χ3n) is 3.49. The van der Waals surface area contributed by atoms with Crippen LogP contribution in [0.1, 0.15) is 5.56 Å². The molecule has 0 bridgehead atoms. The molecule has 8 heteroatoms. The number of rotatable bonds is 3. The maximum Gasteiger partial charge on any atom is 0.416 e. The molecule has 25 heavy (non-hydrogen) atoms. The van der Waals surface area contributed by atoms with E-state index in [9.17, 15) is 21.6 Å². The lowest BCUT2D eigenvalue weighted by atomic mass is 10.0. The van der Waals surface area contributed by atoms with Gasteiger partial charge in [0, 0.05) is 10.9 Å². The summed E-state index contributed by atoms with van der Waals surface area (Å²) < 4.78 is 64.2. The molecular formula is C17H13F3N2O2S. The predicted molar refractivity (Wildman–Crippen MR) is 90.6 cm³/mol. The topological polar surface area (TPSA) is 59.1 Å². The third kappa shape index (κ3) is 3.90. The van der Waals surface area contributed by atoms with E-state index in [-0.39, 0.29) is 17.1 Å². The van der Waals surface area contributed by atoms with Crippen LogP contribution >= 0.6 is 0 Å². The molecule has 0 aliphatic carbocycles. The summed E-state index contributed by atoms with van der Waals surface area (Å²) in [6.45, 7) is 0. The molecule has 3 rings (SSSR count). The van der Waals surface area contributed by atoms with Gasteiger partial charge in [-0.25, -0.2) is 13.4 Å². The van der Waals surface area contributed by atoms with Gasteiger partial charge in [0.1, 0.15) is 5.82 Å². The molecule has 0 saturated heterocycles. The maximum absolute atomic E-state index is 13.0. The van der Waals surface area contributed by atoms with E-state index < -0.39 is 21.8 Å². The lowest BCUT2D eigenvalue weighted by Crippen LogP contribution is -2.11. The Labute approximate surface area is 142 Å². The number of sulfonamides is 1. The molecule has 0 amide bonds. The highest BCUT2D eigenvalue weighted by Crippen LogP contribution is 2.34. The van der Waals surface area contributed by atoms with Gasteiger partial charge in [0.15, 0.2) is 0 Å². The molecule has 0 spiro atoms. The van der Waals surface area contributed by atoms with Crippen LogP contribution in [0.2, 0.25) is 0 Å². The van der Waals surface area contributed by atoms with Crippen LogP contribution in [-0.4, -0.2) is 19.7 Å². The number of hydrogen-bond acceptors (Lipinski definition) is 3. The van der Waals surface area contributed by atoms with Gasteiger partial charge in [-0.05, 0) is 23.6 Å². The van der Waals surface area contributed by atoms with E-state index in [1.807, 2.05) is 0 Å². The molecule has 0 aliphatic heterocycles. The van der Waals surface area contributed by atoms with E-state index in [1.165, 1.54) is 18.2 Å². The second-order valence-electron chi connectivity index (χ2n) is 5.53. The highest BCUT2D eigenvalue weighted by Gasteiger charge is 2.30. The summed E-state index contributed by atoms with van der Waals surface area (Å²) in [5, 5.41) is 1.29. The van der Waals surface area contributed by atoms with E-state index in [4.69, 9.17) is 0 Å². The number of aromatic nitrogens is 1. The number of pyridine rings is 1. The average molecular weight is 366 g/mol. The summed E-state index contributed by atoms with van der Waals surface area (Å²) in [5.41, 5.74) is -0.268. The van der Waals surface area contributed by atoms with Crippen molar-refractivity contribution in [2.45, 2.75) is 6.18 Å². The molecule has 4 nitrogen and oxygen atoms in total. The number of halogens is 3. The molecule has 0 saturated carbocycles. The van der Waals surface area contributed by atoms with Crippen molar-refractivity contribution in [1.82, 2.24) is 4.98 Å². The fraction of sp³-hybridized carbons (Fsp3) is 0.118. The Balaban J connectivity index is 2.24. The van der Waals surface area contributed by atoms with Crippen molar-refractivity contribution in [2.24, 2.45) is 0 Å². The van der Waals surface area contributed by atoms with Crippen molar-refractivity contribution in [2.75, 3.05) is 11.0 Å². The van der Waals surface area contributed by atoms with Crippen LogP contribution in [0.4, 0.5) is 19.0 Å². The van der Waals surface area contributed by atoms with Crippen LogP contribution in [0.15, 0.2) is 54.6 Å². The highest BCUT2D eigenvalue weighted by molar-refractivity contribution is 7.92. The minimum absolute atomic E-state index is 0.0496. The SMILES string of the molecule is CS(=O)(=O)Nc1cc2ccccc2c(-c2cccc(C(F)(F)F)c2)n1. The van der Waals surface area contributed by atoms with Gasteiger partial charge in [-0.1, -0.05) is 36.4 Å². The zero-order valence-electron chi connectivity index (χ0n) is 13.0. The van der Waals surface area contributed by atoms with E-state index in [2.05, 4.69) is 9.71 Å². The molecule has 3 aromatic rings. The molecule has 1 aromatic heterocycles. The van der Waals surface area contributed by atoms with Crippen molar-refractivity contribution < 1.29 is 21.6 Å². The van der Waals surface area contributed by atoms with Gasteiger partial charge < -0.3 is 0 Å². The van der Waals surface area contributed by atoms with Gasteiger partial charge in [-0.2, -0.15) is 13.2 Å². The van der Waals surface area contributed by atoms with Crippen molar-refractivity contribution in [3.05, 3.63) is 60.2 Å². The zero-order chi connectivity index (χ0) is 18.2. The fourth-order valence-electron chi connectivity index (χ4n) is 2.50. The number of nitrogens with zero attached hydrogens (tertiary/aromatic N) is 1. The summed E-state index contributed by atoms with van der Waals surface area (Å²) in [5.74, 6) is 0.0496. The van der Waals surface area contributed by atoms with Crippen LogP contribution in [0.25, 0.3) is 22.0 Å². The summed E-state index contributed by atoms with van der Waals surface area (Å²) in [6, 6.07) is 13.3. The van der Waals surface area contributed by atoms with Crippen molar-refractivity contribution in [3.8, 4) is 11.3 Å². The summed E-state index contributed by atoms with van der Waals surface area (Å²) >= 11 is 0. The van der Waals surface area contributed by atoms with Gasteiger partial charge in [0.2, 0.25) is 10.0 Å². The number of benzene rings is 2. The Morgan fingerprint density at radius 2 is 1.72 bits per heavy atom. The van der Waals surface area contributed by atoms with Crippen LogP contribution in [0.3, 0.4) is 0 Å². The van der Waals surface area contributed by atoms with Gasteiger partial charge in [0.05, 0.1) is 17.5 Å². The van der Waals surface area contributed by atoms with Crippen LogP contribution in [0.5, 0.6) is 0 Å². The van der Waals surface area contributed by atoms with E-state index >= 15 is 0 Å². The molecule has 0 atom stereocenters. The molecule has 0 unspecified atom stereocenters. The van der Waals surface area contributed by atoms with E-state index in [1.54, 1.807) is 24.3 Å². The Kier molecular flexibility index (Phi) is 4.16. The quantitative estimate of drug-likeness (QED) is 0.752. The average Bonchev–Trinajstić information content (AvgIpc) is 2.52. The van der Waals surface area contributed by atoms with Gasteiger partial charge >= 0.3 is 6.18 Å². The normalized spacial score (nSPS) is 12.3. The first-order chi connectivity index (χ1) is 11.6.